The molecule has 0 amide bonds. The van der Waals surface area contributed by atoms with Crippen LogP contribution in [0.15, 0.2) is 41.8 Å². The van der Waals surface area contributed by atoms with Crippen molar-refractivity contribution in [3.63, 3.8) is 0 Å². The summed E-state index contributed by atoms with van der Waals surface area (Å²) in [5.74, 6) is 0. The third kappa shape index (κ3) is 5.77. The van der Waals surface area contributed by atoms with Crippen LogP contribution >= 0.6 is 22.9 Å². The molecule has 0 fully saturated rings. The van der Waals surface area contributed by atoms with Gasteiger partial charge in [-0.15, -0.1) is 11.3 Å². The van der Waals surface area contributed by atoms with Crippen molar-refractivity contribution < 1.29 is 9.84 Å². The second-order valence-electron chi connectivity index (χ2n) is 4.93. The van der Waals surface area contributed by atoms with Gasteiger partial charge in [-0.25, -0.2) is 0 Å². The van der Waals surface area contributed by atoms with Crippen LogP contribution in [0.5, 0.6) is 0 Å². The minimum Gasteiger partial charge on any atom is -0.389 e. The minimum atomic E-state index is -0.522. The van der Waals surface area contributed by atoms with Gasteiger partial charge in [0.05, 0.1) is 19.3 Å². The average molecular weight is 326 g/mol. The second-order valence-corrected chi connectivity index (χ2v) is 6.40. The minimum absolute atomic E-state index is 0.135. The van der Waals surface area contributed by atoms with Crippen LogP contribution in [0.1, 0.15) is 23.4 Å². The Morgan fingerprint density at radius 3 is 2.90 bits per heavy atom. The Morgan fingerprint density at radius 1 is 1.33 bits per heavy atom. The molecule has 0 spiro atoms. The number of nitrogens with one attached hydrogen (secondary N) is 1. The molecule has 2 N–H and O–H groups in total. The van der Waals surface area contributed by atoms with Crippen molar-refractivity contribution in [2.24, 2.45) is 0 Å². The van der Waals surface area contributed by atoms with Gasteiger partial charge in [-0.3, -0.25) is 0 Å². The van der Waals surface area contributed by atoms with E-state index >= 15 is 0 Å². The third-order valence-corrected chi connectivity index (χ3v) is 4.23. The highest BCUT2D eigenvalue weighted by atomic mass is 35.5. The van der Waals surface area contributed by atoms with Gasteiger partial charge in [0.25, 0.3) is 0 Å². The first-order chi connectivity index (χ1) is 10.1. The highest BCUT2D eigenvalue weighted by molar-refractivity contribution is 7.09. The molecule has 0 saturated carbocycles. The molecule has 0 radical (unpaired) electrons. The molecule has 0 aliphatic heterocycles. The fourth-order valence-electron chi connectivity index (χ4n) is 1.96. The predicted octanol–water partition coefficient (Wildman–Crippen LogP) is 3.63. The van der Waals surface area contributed by atoms with Crippen molar-refractivity contribution in [3.8, 4) is 0 Å². The van der Waals surface area contributed by atoms with Gasteiger partial charge in [0.15, 0.2) is 0 Å². The average Bonchev–Trinajstić information content (AvgIpc) is 2.98. The molecule has 5 heteroatoms. The van der Waals surface area contributed by atoms with E-state index in [1.165, 1.54) is 4.88 Å². The van der Waals surface area contributed by atoms with Crippen molar-refractivity contribution in [3.05, 3.63) is 57.2 Å². The number of ether oxygens (including phenoxy) is 1. The maximum absolute atomic E-state index is 9.92. The maximum Gasteiger partial charge on any atom is 0.0898 e. The van der Waals surface area contributed by atoms with Gasteiger partial charge in [0.1, 0.15) is 0 Å². The monoisotopic (exact) mass is 325 g/mol. The maximum atomic E-state index is 9.92. The topological polar surface area (TPSA) is 41.5 Å². The van der Waals surface area contributed by atoms with Gasteiger partial charge in [0, 0.05) is 22.5 Å². The van der Waals surface area contributed by atoms with Crippen LogP contribution in [-0.4, -0.2) is 24.4 Å². The summed E-state index contributed by atoms with van der Waals surface area (Å²) in [6.45, 7) is 3.41. The lowest BCUT2D eigenvalue weighted by Gasteiger charge is -2.17. The Labute approximate surface area is 134 Å². The fourth-order valence-corrected chi connectivity index (χ4v) is 2.79. The van der Waals surface area contributed by atoms with Crippen LogP contribution in [0.4, 0.5) is 0 Å². The van der Waals surface area contributed by atoms with Gasteiger partial charge in [-0.2, -0.15) is 0 Å². The molecule has 1 unspecified atom stereocenters. The second kappa shape index (κ2) is 8.51. The number of aliphatic hydroxyl groups is 1. The van der Waals surface area contributed by atoms with Crippen LogP contribution in [0.3, 0.4) is 0 Å². The molecule has 21 heavy (non-hydrogen) atoms. The van der Waals surface area contributed by atoms with E-state index in [1.807, 2.05) is 48.7 Å². The van der Waals surface area contributed by atoms with Crippen molar-refractivity contribution >= 4 is 22.9 Å². The van der Waals surface area contributed by atoms with E-state index in [9.17, 15) is 5.11 Å². The lowest BCUT2D eigenvalue weighted by molar-refractivity contribution is 0.0288. The molecule has 2 atom stereocenters. The Bertz CT molecular complexity index is 533. The largest absolute Gasteiger partial charge is 0.389 e. The Hall–Kier alpha value is -0.910. The first-order valence-corrected chi connectivity index (χ1v) is 8.18. The zero-order valence-electron chi connectivity index (χ0n) is 12.0. The highest BCUT2D eigenvalue weighted by Crippen LogP contribution is 2.17. The number of halogens is 1. The van der Waals surface area contributed by atoms with E-state index < -0.39 is 6.10 Å². The smallest absolute Gasteiger partial charge is 0.0898 e. The van der Waals surface area contributed by atoms with E-state index in [0.29, 0.717) is 19.8 Å². The zero-order chi connectivity index (χ0) is 15.1. The number of aliphatic hydroxyl groups excluding tert-OH is 1. The Kier molecular flexibility index (Phi) is 6.67. The van der Waals surface area contributed by atoms with Crippen molar-refractivity contribution in [2.45, 2.75) is 25.7 Å². The molecule has 1 heterocycles. The van der Waals surface area contributed by atoms with E-state index in [1.54, 1.807) is 11.3 Å². The molecule has 0 aliphatic rings. The summed E-state index contributed by atoms with van der Waals surface area (Å²) in [4.78, 5) is 1.17. The molecule has 114 valence electrons. The van der Waals surface area contributed by atoms with Crippen LogP contribution in [0.2, 0.25) is 5.02 Å². The first kappa shape index (κ1) is 16.5. The van der Waals surface area contributed by atoms with E-state index in [0.717, 1.165) is 10.6 Å². The molecule has 0 saturated heterocycles. The van der Waals surface area contributed by atoms with Crippen LogP contribution < -0.4 is 5.32 Å². The Balaban J connectivity index is 1.67. The standard InChI is InChI=1S/C16H20ClNO2S/c1-12(13-4-2-5-14(17)8-13)18-9-15(19)10-20-11-16-6-3-7-21-16/h2-8,12,15,18-19H,9-11H2,1H3/t12-,15?/m1/s1. The summed E-state index contributed by atoms with van der Waals surface area (Å²) in [7, 11) is 0. The van der Waals surface area contributed by atoms with Gasteiger partial charge in [0.2, 0.25) is 0 Å². The van der Waals surface area contributed by atoms with Crippen LogP contribution in [0, 0.1) is 0 Å². The van der Waals surface area contributed by atoms with Gasteiger partial charge in [-0.05, 0) is 36.1 Å². The highest BCUT2D eigenvalue weighted by Gasteiger charge is 2.09. The fraction of sp³-hybridized carbons (Fsp3) is 0.375. The normalized spacial score (nSPS) is 14.0. The summed E-state index contributed by atoms with van der Waals surface area (Å²) < 4.78 is 5.50. The van der Waals surface area contributed by atoms with Crippen LogP contribution in [0.25, 0.3) is 0 Å². The summed E-state index contributed by atoms with van der Waals surface area (Å²) in [5, 5.41) is 15.9. The Morgan fingerprint density at radius 2 is 2.19 bits per heavy atom. The predicted molar refractivity (Wildman–Crippen MR) is 87.9 cm³/mol. The molecule has 2 rings (SSSR count). The quantitative estimate of drug-likeness (QED) is 0.778. The molecular formula is C16H20ClNO2S. The first-order valence-electron chi connectivity index (χ1n) is 6.92. The van der Waals surface area contributed by atoms with Gasteiger partial charge >= 0.3 is 0 Å². The SMILES string of the molecule is C[C@@H](NCC(O)COCc1cccs1)c1cccc(Cl)c1. The van der Waals surface area contributed by atoms with E-state index in [-0.39, 0.29) is 6.04 Å². The lowest BCUT2D eigenvalue weighted by atomic mass is 10.1. The number of rotatable bonds is 8. The summed E-state index contributed by atoms with van der Waals surface area (Å²) in [5.41, 5.74) is 1.11. The van der Waals surface area contributed by atoms with Gasteiger partial charge < -0.3 is 15.2 Å². The molecule has 2 aromatic rings. The van der Waals surface area contributed by atoms with E-state index in [4.69, 9.17) is 16.3 Å². The number of thiophene rings is 1. The number of hydrogen-bond donors (Lipinski definition) is 2. The van der Waals surface area contributed by atoms with Crippen molar-refractivity contribution in [1.82, 2.24) is 5.32 Å². The third-order valence-electron chi connectivity index (χ3n) is 3.14. The van der Waals surface area contributed by atoms with Crippen LogP contribution in [-0.2, 0) is 11.3 Å². The molecule has 3 nitrogen and oxygen atoms in total. The summed E-state index contributed by atoms with van der Waals surface area (Å²) in [6.07, 6.45) is -0.522. The van der Waals surface area contributed by atoms with E-state index in [2.05, 4.69) is 5.32 Å². The molecular weight excluding hydrogens is 306 g/mol. The van der Waals surface area contributed by atoms with Crippen molar-refractivity contribution in [1.29, 1.82) is 0 Å². The molecule has 0 bridgehead atoms. The number of benzene rings is 1. The van der Waals surface area contributed by atoms with Gasteiger partial charge in [-0.1, -0.05) is 29.8 Å². The molecule has 1 aromatic heterocycles. The van der Waals surface area contributed by atoms with Crippen molar-refractivity contribution in [2.75, 3.05) is 13.2 Å². The molecule has 1 aromatic carbocycles. The number of hydrogen-bond acceptors (Lipinski definition) is 4. The lowest BCUT2D eigenvalue weighted by Crippen LogP contribution is -2.32. The summed E-state index contributed by atoms with van der Waals surface area (Å²) >= 11 is 7.63. The summed E-state index contributed by atoms with van der Waals surface area (Å²) in [6, 6.07) is 11.9. The zero-order valence-corrected chi connectivity index (χ0v) is 13.5. The molecule has 0 aliphatic carbocycles.